The third-order valence-corrected chi connectivity index (χ3v) is 23.1. The average Bonchev–Trinajstić information content (AvgIpc) is 0.784. The van der Waals surface area contributed by atoms with Gasteiger partial charge in [-0.25, -0.2) is 28.8 Å². The third-order valence-electron chi connectivity index (χ3n) is 23.1. The van der Waals surface area contributed by atoms with Crippen LogP contribution < -0.4 is 28.4 Å². The highest BCUT2D eigenvalue weighted by Crippen LogP contribution is 2.47. The molecule has 0 heterocycles. The van der Waals surface area contributed by atoms with Gasteiger partial charge in [-0.05, 0) is 188 Å². The fourth-order valence-electron chi connectivity index (χ4n) is 16.6. The number of para-hydroxylation sites is 6. The lowest BCUT2D eigenvalue weighted by atomic mass is 9.91. The fourth-order valence-corrected chi connectivity index (χ4v) is 16.6. The van der Waals surface area contributed by atoms with Crippen molar-refractivity contribution in [2.24, 2.45) is 20.5 Å². The van der Waals surface area contributed by atoms with Crippen molar-refractivity contribution in [1.82, 2.24) is 0 Å². The van der Waals surface area contributed by atoms with Crippen molar-refractivity contribution in [3.63, 3.8) is 0 Å². The first kappa shape index (κ1) is 86.7. The zero-order chi connectivity index (χ0) is 92.3. The first-order valence-corrected chi connectivity index (χ1v) is 42.7. The zero-order valence-corrected chi connectivity index (χ0v) is 71.3. The minimum Gasteiger partial charge on any atom is -0.507 e. The van der Waals surface area contributed by atoms with E-state index in [9.17, 15) is 59.2 Å². The number of hydrogen-bond donors (Lipinski definition) is 2. The summed E-state index contributed by atoms with van der Waals surface area (Å²) in [5.74, 6) is -3.41. The number of fused-ring (bicyclic) bond motifs is 16. The molecule has 2 aliphatic rings. The Labute approximate surface area is 766 Å². The molecule has 0 saturated carbocycles. The van der Waals surface area contributed by atoms with Crippen LogP contribution in [0.4, 0.5) is 34.1 Å². The largest absolute Gasteiger partial charge is 0.507 e. The number of ether oxygens (including phenoxy) is 6. The van der Waals surface area contributed by atoms with Crippen molar-refractivity contribution >= 4 is 69.9 Å². The fraction of sp³-hybridized carbons (Fsp3) is 0.0727. The molecular weight excluding hydrogens is 1690 g/mol. The van der Waals surface area contributed by atoms with Gasteiger partial charge in [0.1, 0.15) is 46.0 Å². The van der Waals surface area contributed by atoms with Crippen LogP contribution >= 0.6 is 0 Å². The van der Waals surface area contributed by atoms with Crippen molar-refractivity contribution in [2.45, 2.75) is 51.4 Å². The average molecular weight is 1770 g/mol. The minimum absolute atomic E-state index is 0.0382. The van der Waals surface area contributed by atoms with Gasteiger partial charge < -0.3 is 38.6 Å². The van der Waals surface area contributed by atoms with Crippen LogP contribution in [-0.4, -0.2) is 55.9 Å². The molecule has 16 bridgehead atoms. The predicted molar refractivity (Wildman–Crippen MR) is 499 cm³/mol. The van der Waals surface area contributed by atoms with Gasteiger partial charge in [-0.3, -0.25) is 20.2 Å². The van der Waals surface area contributed by atoms with E-state index in [4.69, 9.17) is 28.4 Å². The Hall–Kier alpha value is -18.1. The number of benzene rings is 16. The van der Waals surface area contributed by atoms with Gasteiger partial charge in [-0.1, -0.05) is 218 Å². The topological polar surface area (TPSA) is 334 Å². The monoisotopic (exact) mass is 1770 g/mol. The lowest BCUT2D eigenvalue weighted by Crippen LogP contribution is -2.14. The summed E-state index contributed by atoms with van der Waals surface area (Å²) in [4.78, 5) is 111. The van der Waals surface area contributed by atoms with Crippen LogP contribution in [0.15, 0.2) is 372 Å². The quantitative estimate of drug-likeness (QED) is 0.0250. The van der Waals surface area contributed by atoms with Crippen LogP contribution in [0.1, 0.15) is 151 Å². The summed E-state index contributed by atoms with van der Waals surface area (Å²) in [5.41, 5.74) is 6.96. The van der Waals surface area contributed by atoms with E-state index in [0.717, 1.165) is 12.1 Å². The highest BCUT2D eigenvalue weighted by atomic mass is 16.6. The number of rotatable bonds is 19. The van der Waals surface area contributed by atoms with E-state index in [1.807, 2.05) is 12.1 Å². The molecule has 134 heavy (non-hydrogen) atoms. The number of phenolic OH excluding ortho intramolecular Hbond substituents is 2. The molecule has 0 atom stereocenters. The molecule has 16 aromatic carbocycles. The van der Waals surface area contributed by atoms with Crippen molar-refractivity contribution in [2.75, 3.05) is 0 Å². The molecule has 0 spiro atoms. The molecule has 0 fully saturated rings. The number of carbonyl (C=O) groups excluding carboxylic acids is 6. The molecule has 0 amide bonds. The molecular formula is C110H76N6O18. The molecule has 654 valence electrons. The lowest BCUT2D eigenvalue weighted by Gasteiger charge is -2.21. The first-order valence-electron chi connectivity index (χ1n) is 42.7. The number of hydrogen-bond acceptors (Lipinski definition) is 22. The lowest BCUT2D eigenvalue weighted by molar-refractivity contribution is -0.386. The number of nitro benzene ring substituents is 2. The molecule has 0 aromatic heterocycles. The number of esters is 6. The maximum absolute atomic E-state index is 14.4. The highest BCUT2D eigenvalue weighted by molar-refractivity contribution is 5.96. The Bertz CT molecular complexity index is 6670. The summed E-state index contributed by atoms with van der Waals surface area (Å²) in [5, 5.41) is 70.7. The van der Waals surface area contributed by atoms with E-state index in [1.165, 1.54) is 24.3 Å². The molecule has 24 heteroatoms. The van der Waals surface area contributed by atoms with Crippen molar-refractivity contribution < 1.29 is 77.2 Å². The maximum atomic E-state index is 14.4. The minimum atomic E-state index is -0.712. The van der Waals surface area contributed by atoms with Gasteiger partial charge in [0.15, 0.2) is 0 Å². The summed E-state index contributed by atoms with van der Waals surface area (Å²) >= 11 is 0. The second-order valence-corrected chi connectivity index (χ2v) is 31.9. The summed E-state index contributed by atoms with van der Waals surface area (Å²) < 4.78 is 38.5. The maximum Gasteiger partial charge on any atom is 0.343 e. The number of carbonyl (C=O) groups is 6. The zero-order valence-electron chi connectivity index (χ0n) is 71.3. The van der Waals surface area contributed by atoms with Crippen LogP contribution in [0.3, 0.4) is 0 Å². The van der Waals surface area contributed by atoms with Crippen molar-refractivity contribution in [3.05, 3.63) is 494 Å². The third kappa shape index (κ3) is 19.4. The van der Waals surface area contributed by atoms with E-state index < -0.39 is 57.0 Å². The highest BCUT2D eigenvalue weighted by Gasteiger charge is 2.31. The predicted octanol–water partition coefficient (Wildman–Crippen LogP) is 24.1. The standard InChI is InChI=1S/C110H76N6O18/c117-97-85-57-81-45-21-41-77(101(81)131-107(121)69-29-11-3-12-30-69)53-73-37-19-38-74(99(73)129-105(119)67-25-7-1-8-26-67)54-78-42-22-46-82(102(78)132-108(122)70-31-13-4-14-32-70)58-86(97)62-91(61-85)113-111-89-49-51-93(95(65-89)115(125)126)94-52-50-90(66-96(94)116(127)128)112-114-92-63-87-59-83-47-23-43-79(103(83)133-109(123)71-33-15-5-16-34-71)55-75-39-20-40-76(100(75)130-106(120)68-27-9-2-10-28-68)56-80-44-24-48-84(60-88(64-92)98(87)118)104(80)134-110(124)72-35-17-6-18-36-72/h1-52,61-66,117-118H,53-60H2. The molecule has 18 rings (SSSR count). The van der Waals surface area contributed by atoms with E-state index in [0.29, 0.717) is 66.8 Å². The molecule has 2 N–H and O–H groups in total. The van der Waals surface area contributed by atoms with E-state index in [-0.39, 0.29) is 187 Å². The van der Waals surface area contributed by atoms with Gasteiger partial charge in [0.2, 0.25) is 0 Å². The molecule has 24 nitrogen and oxygen atoms in total. The van der Waals surface area contributed by atoms with E-state index in [2.05, 4.69) is 20.5 Å². The second kappa shape index (κ2) is 38.9. The Kier molecular flexibility index (Phi) is 25.1. The molecule has 16 aromatic rings. The van der Waals surface area contributed by atoms with Gasteiger partial charge in [0.25, 0.3) is 11.4 Å². The van der Waals surface area contributed by atoms with Gasteiger partial charge in [-0.2, -0.15) is 20.5 Å². The Balaban J connectivity index is 0.701. The smallest absolute Gasteiger partial charge is 0.343 e. The number of nitrogens with zero attached hydrogens (tertiary/aromatic N) is 6. The normalized spacial score (nSPS) is 12.1. The Morgan fingerprint density at radius 2 is 0.388 bits per heavy atom. The number of phenols is 2. The Morgan fingerprint density at radius 1 is 0.216 bits per heavy atom. The van der Waals surface area contributed by atoms with Gasteiger partial charge in [-0.15, -0.1) is 0 Å². The molecule has 2 aliphatic carbocycles. The second-order valence-electron chi connectivity index (χ2n) is 31.9. The number of aromatic hydroxyl groups is 2. The van der Waals surface area contributed by atoms with Gasteiger partial charge in [0, 0.05) is 85.8 Å². The van der Waals surface area contributed by atoms with Crippen LogP contribution in [0.5, 0.6) is 46.0 Å². The SMILES string of the molecule is O=C(Oc1c2cccc1Cc1cccc(c1OC(=O)c1ccccc1)Cc1cccc(c1OC(=O)c1ccccc1)Cc1cc(N=Nc3ccc(-c4ccc(N=Nc5cc6c(O)c(c5)Cc5cccc(c5OC(=O)c5ccccc5)Cc5cccc(c5OC(=O)c5ccccc5)Cc5cccc(c5OC(=O)c5ccccc5)C6)cc4[N+](=O)[O-])c([N+](=O)[O-])c3)cc(c1O)C2)c1ccccc1. The Morgan fingerprint density at radius 3 is 0.567 bits per heavy atom. The van der Waals surface area contributed by atoms with Crippen LogP contribution in [-0.2, 0) is 51.4 Å². The molecule has 0 radical (unpaired) electrons. The summed E-state index contributed by atoms with van der Waals surface area (Å²) in [6, 6.07) is 96.5. The summed E-state index contributed by atoms with van der Waals surface area (Å²) in [6.07, 6.45) is -0.307. The molecule has 0 unspecified atom stereocenters. The van der Waals surface area contributed by atoms with E-state index in [1.54, 1.807) is 303 Å². The van der Waals surface area contributed by atoms with Crippen LogP contribution in [0.2, 0.25) is 0 Å². The van der Waals surface area contributed by atoms with Crippen LogP contribution in [0, 0.1) is 20.2 Å². The summed E-state index contributed by atoms with van der Waals surface area (Å²) in [6.45, 7) is 0. The molecule has 0 saturated heterocycles. The first-order chi connectivity index (χ1) is 65.3. The van der Waals surface area contributed by atoms with E-state index >= 15 is 0 Å². The van der Waals surface area contributed by atoms with Gasteiger partial charge >= 0.3 is 35.8 Å². The van der Waals surface area contributed by atoms with Crippen LogP contribution in [0.25, 0.3) is 11.1 Å². The number of nitro groups is 2. The number of azo groups is 2. The van der Waals surface area contributed by atoms with Gasteiger partial charge in [0.05, 0.1) is 77.1 Å². The van der Waals surface area contributed by atoms with Crippen molar-refractivity contribution in [3.8, 4) is 57.1 Å². The summed E-state index contributed by atoms with van der Waals surface area (Å²) in [7, 11) is 0. The molecule has 0 aliphatic heterocycles. The van der Waals surface area contributed by atoms with Crippen molar-refractivity contribution in [1.29, 1.82) is 0 Å².